The minimum Gasteiger partial charge on any atom is -0.465 e. The van der Waals surface area contributed by atoms with Crippen molar-refractivity contribution >= 4 is 39.9 Å². The zero-order chi connectivity index (χ0) is 14.3. The van der Waals surface area contributed by atoms with Crippen LogP contribution in [0.2, 0.25) is 5.15 Å². The van der Waals surface area contributed by atoms with Crippen LogP contribution in [0.3, 0.4) is 0 Å². The van der Waals surface area contributed by atoms with Gasteiger partial charge in [0.15, 0.2) is 15.2 Å². The smallest absolute Gasteiger partial charge is 0.351 e. The molecular formula is C12H14ClN3O3S. The lowest BCUT2D eigenvalue weighted by molar-refractivity contribution is -0.128. The van der Waals surface area contributed by atoms with Gasteiger partial charge in [0.05, 0.1) is 13.2 Å². The number of nitrogens with one attached hydrogen (secondary N) is 1. The van der Waals surface area contributed by atoms with E-state index in [9.17, 15) is 9.59 Å². The highest BCUT2D eigenvalue weighted by Gasteiger charge is 2.39. The standard InChI is InChI=1S/C12H14ClN3O3S/c1-19-11(18)9-10(13)15-12(20-9)14-6-4-8(17)16(5-6)7-2-3-7/h6-7H,2-5H2,1H3,(H,14,15). The number of halogens is 1. The van der Waals surface area contributed by atoms with Crippen LogP contribution in [0.25, 0.3) is 0 Å². The molecule has 1 atom stereocenters. The maximum absolute atomic E-state index is 11.9. The summed E-state index contributed by atoms with van der Waals surface area (Å²) in [5.41, 5.74) is 0. The summed E-state index contributed by atoms with van der Waals surface area (Å²) in [5.74, 6) is -0.316. The molecule has 1 aliphatic carbocycles. The molecule has 6 nitrogen and oxygen atoms in total. The average Bonchev–Trinajstić information content (AvgIpc) is 3.10. The molecule has 1 aromatic rings. The van der Waals surface area contributed by atoms with Gasteiger partial charge >= 0.3 is 5.97 Å². The zero-order valence-electron chi connectivity index (χ0n) is 10.9. The normalized spacial score (nSPS) is 22.2. The highest BCUT2D eigenvalue weighted by atomic mass is 35.5. The summed E-state index contributed by atoms with van der Waals surface area (Å²) < 4.78 is 4.63. The van der Waals surface area contributed by atoms with Crippen molar-refractivity contribution in [1.82, 2.24) is 9.88 Å². The van der Waals surface area contributed by atoms with E-state index in [2.05, 4.69) is 15.0 Å². The monoisotopic (exact) mass is 315 g/mol. The fourth-order valence-corrected chi connectivity index (χ4v) is 3.50. The van der Waals surface area contributed by atoms with E-state index in [4.69, 9.17) is 11.6 Å². The van der Waals surface area contributed by atoms with Gasteiger partial charge in [-0.3, -0.25) is 4.79 Å². The molecule has 0 spiro atoms. The van der Waals surface area contributed by atoms with Gasteiger partial charge in [0.2, 0.25) is 5.91 Å². The second kappa shape index (κ2) is 5.21. The van der Waals surface area contributed by atoms with Crippen molar-refractivity contribution in [3.05, 3.63) is 10.0 Å². The molecule has 0 aromatic carbocycles. The Bertz CT molecular complexity index is 558. The van der Waals surface area contributed by atoms with E-state index >= 15 is 0 Å². The van der Waals surface area contributed by atoms with Gasteiger partial charge in [0.1, 0.15) is 0 Å². The van der Waals surface area contributed by atoms with Crippen LogP contribution < -0.4 is 5.32 Å². The van der Waals surface area contributed by atoms with Crippen LogP contribution in [0.5, 0.6) is 0 Å². The molecule has 2 fully saturated rings. The first-order valence-electron chi connectivity index (χ1n) is 6.39. The topological polar surface area (TPSA) is 71.5 Å². The van der Waals surface area contributed by atoms with Gasteiger partial charge in [0, 0.05) is 19.0 Å². The molecule has 20 heavy (non-hydrogen) atoms. The first kappa shape index (κ1) is 13.6. The Hall–Kier alpha value is -1.34. The molecule has 1 N–H and O–H groups in total. The van der Waals surface area contributed by atoms with Crippen LogP contribution in [0.4, 0.5) is 5.13 Å². The third-order valence-electron chi connectivity index (χ3n) is 3.43. The third kappa shape index (κ3) is 2.60. The van der Waals surface area contributed by atoms with Crippen LogP contribution in [-0.4, -0.2) is 47.5 Å². The van der Waals surface area contributed by atoms with Crippen molar-refractivity contribution in [3.8, 4) is 0 Å². The van der Waals surface area contributed by atoms with Crippen LogP contribution in [0.1, 0.15) is 28.9 Å². The number of thiazole rings is 1. The summed E-state index contributed by atoms with van der Waals surface area (Å²) in [5, 5.41) is 3.86. The molecule has 1 amide bonds. The molecule has 8 heteroatoms. The van der Waals surface area contributed by atoms with Crippen molar-refractivity contribution in [2.45, 2.75) is 31.3 Å². The van der Waals surface area contributed by atoms with E-state index < -0.39 is 5.97 Å². The van der Waals surface area contributed by atoms with Crippen LogP contribution in [0, 0.1) is 0 Å². The molecule has 3 rings (SSSR count). The number of esters is 1. The summed E-state index contributed by atoms with van der Waals surface area (Å²) in [6.45, 7) is 0.689. The number of anilines is 1. The van der Waals surface area contributed by atoms with Crippen LogP contribution >= 0.6 is 22.9 Å². The van der Waals surface area contributed by atoms with Gasteiger partial charge in [-0.1, -0.05) is 22.9 Å². The number of hydrogen-bond donors (Lipinski definition) is 1. The van der Waals surface area contributed by atoms with Gasteiger partial charge in [-0.05, 0) is 12.8 Å². The minimum absolute atomic E-state index is 0.0239. The predicted octanol–water partition coefficient (Wildman–Crippen LogP) is 1.76. The van der Waals surface area contributed by atoms with Crippen LogP contribution in [-0.2, 0) is 9.53 Å². The maximum atomic E-state index is 11.9. The number of amides is 1. The van der Waals surface area contributed by atoms with Crippen molar-refractivity contribution in [3.63, 3.8) is 0 Å². The van der Waals surface area contributed by atoms with Crippen molar-refractivity contribution in [2.24, 2.45) is 0 Å². The fourth-order valence-electron chi connectivity index (χ4n) is 2.32. The number of likely N-dealkylation sites (tertiary alicyclic amines) is 1. The minimum atomic E-state index is -0.498. The molecule has 1 saturated heterocycles. The molecular weight excluding hydrogens is 302 g/mol. The summed E-state index contributed by atoms with van der Waals surface area (Å²) in [6.07, 6.45) is 2.67. The summed E-state index contributed by atoms with van der Waals surface area (Å²) in [4.78, 5) is 29.6. The Morgan fingerprint density at radius 2 is 2.30 bits per heavy atom. The molecule has 1 unspecified atom stereocenters. The average molecular weight is 316 g/mol. The lowest BCUT2D eigenvalue weighted by Gasteiger charge is -2.15. The number of carbonyl (C=O) groups is 2. The number of nitrogens with zero attached hydrogens (tertiary/aromatic N) is 2. The third-order valence-corrected chi connectivity index (χ3v) is 4.78. The first-order chi connectivity index (χ1) is 9.58. The van der Waals surface area contributed by atoms with Gasteiger partial charge in [-0.15, -0.1) is 0 Å². The summed E-state index contributed by atoms with van der Waals surface area (Å²) in [7, 11) is 1.30. The second-order valence-electron chi connectivity index (χ2n) is 4.95. The SMILES string of the molecule is COC(=O)c1sc(NC2CC(=O)N(C3CC3)C2)nc1Cl. The summed E-state index contributed by atoms with van der Waals surface area (Å²) >= 11 is 7.05. The number of ether oxygens (including phenoxy) is 1. The lowest BCUT2D eigenvalue weighted by atomic mass is 10.3. The van der Waals surface area contributed by atoms with E-state index in [1.54, 1.807) is 0 Å². The Morgan fingerprint density at radius 1 is 1.55 bits per heavy atom. The largest absolute Gasteiger partial charge is 0.465 e. The van der Waals surface area contributed by atoms with Crippen molar-refractivity contribution < 1.29 is 14.3 Å². The molecule has 2 heterocycles. The fraction of sp³-hybridized carbons (Fsp3) is 0.583. The van der Waals surface area contributed by atoms with E-state index in [0.29, 0.717) is 24.1 Å². The molecule has 1 saturated carbocycles. The van der Waals surface area contributed by atoms with E-state index in [1.807, 2.05) is 4.90 Å². The highest BCUT2D eigenvalue weighted by molar-refractivity contribution is 7.18. The molecule has 1 aromatic heterocycles. The molecule has 1 aliphatic heterocycles. The lowest BCUT2D eigenvalue weighted by Crippen LogP contribution is -2.29. The molecule has 0 radical (unpaired) electrons. The number of hydrogen-bond acceptors (Lipinski definition) is 6. The maximum Gasteiger partial charge on any atom is 0.351 e. The highest BCUT2D eigenvalue weighted by Crippen LogP contribution is 2.33. The van der Waals surface area contributed by atoms with Gasteiger partial charge in [-0.2, -0.15) is 0 Å². The Morgan fingerprint density at radius 3 is 2.95 bits per heavy atom. The number of methoxy groups -OCH3 is 1. The van der Waals surface area contributed by atoms with Gasteiger partial charge in [-0.25, -0.2) is 9.78 Å². The number of aromatic nitrogens is 1. The van der Waals surface area contributed by atoms with Crippen molar-refractivity contribution in [1.29, 1.82) is 0 Å². The van der Waals surface area contributed by atoms with E-state index in [1.165, 1.54) is 7.11 Å². The van der Waals surface area contributed by atoms with E-state index in [-0.39, 0.29) is 22.0 Å². The molecule has 0 bridgehead atoms. The Labute approximate surface area is 125 Å². The zero-order valence-corrected chi connectivity index (χ0v) is 12.5. The Kier molecular flexibility index (Phi) is 3.55. The van der Waals surface area contributed by atoms with Crippen LogP contribution in [0.15, 0.2) is 0 Å². The number of carbonyl (C=O) groups excluding carboxylic acids is 2. The van der Waals surface area contributed by atoms with E-state index in [0.717, 1.165) is 24.2 Å². The second-order valence-corrected chi connectivity index (χ2v) is 6.31. The van der Waals surface area contributed by atoms with Gasteiger partial charge in [0.25, 0.3) is 0 Å². The Balaban J connectivity index is 1.66. The predicted molar refractivity (Wildman–Crippen MR) is 75.2 cm³/mol. The quantitative estimate of drug-likeness (QED) is 0.857. The first-order valence-corrected chi connectivity index (χ1v) is 7.58. The molecule has 108 valence electrons. The molecule has 2 aliphatic rings. The number of rotatable bonds is 4. The van der Waals surface area contributed by atoms with Gasteiger partial charge < -0.3 is 15.0 Å². The summed E-state index contributed by atoms with van der Waals surface area (Å²) in [6, 6.07) is 0.454. The van der Waals surface area contributed by atoms with Crippen molar-refractivity contribution in [2.75, 3.05) is 19.0 Å².